The fourth-order valence-corrected chi connectivity index (χ4v) is 5.79. The molecule has 1 N–H and O–H groups in total. The van der Waals surface area contributed by atoms with E-state index in [0.717, 1.165) is 15.4 Å². The average Bonchev–Trinajstić information content (AvgIpc) is 2.90. The number of nitrogens with one attached hydrogen (secondary N) is 1. The molecule has 39 heavy (non-hydrogen) atoms. The molecule has 3 aromatic rings. The van der Waals surface area contributed by atoms with Gasteiger partial charge in [0, 0.05) is 17.6 Å². The number of carbonyl (C=O) groups excluding carboxylic acids is 2. The molecule has 0 bridgehead atoms. The summed E-state index contributed by atoms with van der Waals surface area (Å²) in [5.41, 5.74) is 2.32. The lowest BCUT2D eigenvalue weighted by Gasteiger charge is -2.33. The predicted octanol–water partition coefficient (Wildman–Crippen LogP) is 5.22. The Labute approximate surface area is 236 Å². The minimum atomic E-state index is -4.12. The third-order valence-electron chi connectivity index (χ3n) is 6.30. The number of carbonyl (C=O) groups is 2. The Morgan fingerprint density at radius 2 is 1.54 bits per heavy atom. The van der Waals surface area contributed by atoms with Crippen molar-refractivity contribution >= 4 is 39.1 Å². The van der Waals surface area contributed by atoms with E-state index in [1.165, 1.54) is 29.2 Å². The van der Waals surface area contributed by atoms with E-state index in [4.69, 9.17) is 11.6 Å². The highest BCUT2D eigenvalue weighted by molar-refractivity contribution is 7.92. The van der Waals surface area contributed by atoms with Crippen molar-refractivity contribution in [3.63, 3.8) is 0 Å². The lowest BCUT2D eigenvalue weighted by molar-refractivity contribution is -0.139. The fraction of sp³-hybridized carbons (Fsp3) is 0.333. The normalized spacial score (nSPS) is 12.2. The zero-order chi connectivity index (χ0) is 28.6. The van der Waals surface area contributed by atoms with Crippen LogP contribution >= 0.6 is 11.6 Å². The van der Waals surface area contributed by atoms with Crippen LogP contribution in [0.15, 0.2) is 83.8 Å². The van der Waals surface area contributed by atoms with E-state index in [9.17, 15) is 18.0 Å². The molecular weight excluding hydrogens is 534 g/mol. The zero-order valence-electron chi connectivity index (χ0n) is 22.8. The third-order valence-corrected chi connectivity index (χ3v) is 8.34. The molecule has 3 rings (SSSR count). The molecule has 0 aliphatic rings. The van der Waals surface area contributed by atoms with E-state index in [1.807, 2.05) is 58.0 Å². The number of anilines is 1. The average molecular weight is 570 g/mol. The minimum absolute atomic E-state index is 0.0145. The molecule has 0 saturated carbocycles. The monoisotopic (exact) mass is 569 g/mol. The number of aryl methyl sites for hydroxylation is 1. The SMILES string of the molecule is CCC(C(=O)NC(C)C)N(CCc1ccccc1)C(=O)CN(c1ccc(C)cc1)S(=O)(=O)c1ccc(Cl)cc1. The molecule has 208 valence electrons. The van der Waals surface area contributed by atoms with Crippen molar-refractivity contribution in [3.05, 3.63) is 95.0 Å². The molecule has 1 unspecified atom stereocenters. The second-order valence-corrected chi connectivity index (χ2v) is 12.0. The lowest BCUT2D eigenvalue weighted by Crippen LogP contribution is -2.54. The summed E-state index contributed by atoms with van der Waals surface area (Å²) < 4.78 is 28.7. The summed E-state index contributed by atoms with van der Waals surface area (Å²) in [4.78, 5) is 28.6. The van der Waals surface area contributed by atoms with E-state index in [2.05, 4.69) is 5.32 Å². The van der Waals surface area contributed by atoms with Gasteiger partial charge in [0.05, 0.1) is 10.6 Å². The van der Waals surface area contributed by atoms with Gasteiger partial charge in [-0.3, -0.25) is 13.9 Å². The smallest absolute Gasteiger partial charge is 0.264 e. The van der Waals surface area contributed by atoms with Crippen LogP contribution in [0.5, 0.6) is 0 Å². The van der Waals surface area contributed by atoms with Gasteiger partial charge in [0.15, 0.2) is 0 Å². The van der Waals surface area contributed by atoms with Crippen molar-refractivity contribution in [1.29, 1.82) is 0 Å². The standard InChI is InChI=1S/C30H36ClN3O4S/c1-5-28(30(36)32-22(2)3)33(20-19-24-9-7-6-8-10-24)29(35)21-34(26-15-11-23(4)12-16-26)39(37,38)27-17-13-25(31)14-18-27/h6-18,22,28H,5,19-21H2,1-4H3,(H,32,36). The molecule has 0 spiro atoms. The summed E-state index contributed by atoms with van der Waals surface area (Å²) in [5.74, 6) is -0.730. The van der Waals surface area contributed by atoms with Crippen LogP contribution in [-0.2, 0) is 26.0 Å². The molecule has 0 saturated heterocycles. The summed E-state index contributed by atoms with van der Waals surface area (Å²) in [6.45, 7) is 7.26. The van der Waals surface area contributed by atoms with Crippen LogP contribution < -0.4 is 9.62 Å². The maximum atomic E-state index is 14.0. The molecule has 1 atom stereocenters. The minimum Gasteiger partial charge on any atom is -0.352 e. The summed E-state index contributed by atoms with van der Waals surface area (Å²) in [5, 5.41) is 3.31. The molecule has 0 aromatic heterocycles. The van der Waals surface area contributed by atoms with Gasteiger partial charge in [0.25, 0.3) is 10.0 Å². The number of nitrogens with zero attached hydrogens (tertiary/aromatic N) is 2. The van der Waals surface area contributed by atoms with Gasteiger partial charge in [-0.2, -0.15) is 0 Å². The van der Waals surface area contributed by atoms with Crippen LogP contribution in [-0.4, -0.2) is 50.3 Å². The summed E-state index contributed by atoms with van der Waals surface area (Å²) in [6, 6.07) is 21.6. The Morgan fingerprint density at radius 3 is 2.10 bits per heavy atom. The van der Waals surface area contributed by atoms with Gasteiger partial charge in [-0.25, -0.2) is 8.42 Å². The maximum Gasteiger partial charge on any atom is 0.264 e. The lowest BCUT2D eigenvalue weighted by atomic mass is 10.1. The van der Waals surface area contributed by atoms with Crippen molar-refractivity contribution in [3.8, 4) is 0 Å². The Kier molecular flexibility index (Phi) is 10.5. The summed E-state index contributed by atoms with van der Waals surface area (Å²) >= 11 is 6.00. The van der Waals surface area contributed by atoms with Crippen molar-refractivity contribution in [2.45, 2.75) is 57.5 Å². The summed E-state index contributed by atoms with van der Waals surface area (Å²) in [7, 11) is -4.12. The van der Waals surface area contributed by atoms with Gasteiger partial charge in [-0.15, -0.1) is 0 Å². The van der Waals surface area contributed by atoms with Crippen LogP contribution in [0.25, 0.3) is 0 Å². The Morgan fingerprint density at radius 1 is 0.923 bits per heavy atom. The third kappa shape index (κ3) is 8.07. The largest absolute Gasteiger partial charge is 0.352 e. The molecule has 3 aromatic carbocycles. The van der Waals surface area contributed by atoms with Crippen LogP contribution in [0.2, 0.25) is 5.02 Å². The number of halogens is 1. The van der Waals surface area contributed by atoms with Gasteiger partial charge in [-0.1, -0.05) is 66.6 Å². The Bertz CT molecular complexity index is 1350. The van der Waals surface area contributed by atoms with Crippen LogP contribution in [0.1, 0.15) is 38.3 Å². The van der Waals surface area contributed by atoms with Crippen molar-refractivity contribution in [2.24, 2.45) is 0 Å². The van der Waals surface area contributed by atoms with E-state index in [-0.39, 0.29) is 23.4 Å². The first kappa shape index (κ1) is 30.2. The molecule has 0 fully saturated rings. The molecule has 0 aliphatic carbocycles. The van der Waals surface area contributed by atoms with Crippen LogP contribution in [0.3, 0.4) is 0 Å². The molecule has 7 nitrogen and oxygen atoms in total. The molecule has 0 heterocycles. The first-order valence-corrected chi connectivity index (χ1v) is 14.8. The number of hydrogen-bond acceptors (Lipinski definition) is 4. The first-order chi connectivity index (χ1) is 18.5. The van der Waals surface area contributed by atoms with Gasteiger partial charge in [-0.05, 0) is 75.6 Å². The molecular formula is C30H36ClN3O4S. The van der Waals surface area contributed by atoms with E-state index < -0.39 is 28.5 Å². The highest BCUT2D eigenvalue weighted by Crippen LogP contribution is 2.26. The predicted molar refractivity (Wildman–Crippen MR) is 156 cm³/mol. The van der Waals surface area contributed by atoms with Gasteiger partial charge in [0.2, 0.25) is 11.8 Å². The highest BCUT2D eigenvalue weighted by Gasteiger charge is 2.33. The van der Waals surface area contributed by atoms with Crippen molar-refractivity contribution in [1.82, 2.24) is 10.2 Å². The number of rotatable bonds is 12. The second kappa shape index (κ2) is 13.6. The first-order valence-electron chi connectivity index (χ1n) is 13.0. The molecule has 9 heteroatoms. The van der Waals surface area contributed by atoms with E-state index in [1.54, 1.807) is 24.3 Å². The second-order valence-electron chi connectivity index (χ2n) is 9.71. The van der Waals surface area contributed by atoms with Crippen molar-refractivity contribution < 1.29 is 18.0 Å². The van der Waals surface area contributed by atoms with E-state index >= 15 is 0 Å². The van der Waals surface area contributed by atoms with Crippen LogP contribution in [0.4, 0.5) is 5.69 Å². The highest BCUT2D eigenvalue weighted by atomic mass is 35.5. The molecule has 0 radical (unpaired) electrons. The number of sulfonamides is 1. The van der Waals surface area contributed by atoms with Gasteiger partial charge >= 0.3 is 0 Å². The molecule has 2 amide bonds. The maximum absolute atomic E-state index is 14.0. The topological polar surface area (TPSA) is 86.8 Å². The Hall–Kier alpha value is -3.36. The summed E-state index contributed by atoms with van der Waals surface area (Å²) in [6.07, 6.45) is 0.903. The number of hydrogen-bond donors (Lipinski definition) is 1. The Balaban J connectivity index is 2.00. The fourth-order valence-electron chi connectivity index (χ4n) is 4.25. The van der Waals surface area contributed by atoms with Gasteiger partial charge in [0.1, 0.15) is 12.6 Å². The number of amides is 2. The quantitative estimate of drug-likeness (QED) is 0.324. The van der Waals surface area contributed by atoms with E-state index in [0.29, 0.717) is 23.6 Å². The van der Waals surface area contributed by atoms with Gasteiger partial charge < -0.3 is 10.2 Å². The number of benzene rings is 3. The van der Waals surface area contributed by atoms with Crippen LogP contribution in [0, 0.1) is 6.92 Å². The zero-order valence-corrected chi connectivity index (χ0v) is 24.4. The molecule has 0 aliphatic heterocycles. The van der Waals surface area contributed by atoms with Crippen molar-refractivity contribution in [2.75, 3.05) is 17.4 Å².